The highest BCUT2D eigenvalue weighted by atomic mass is 16.5. The summed E-state index contributed by atoms with van der Waals surface area (Å²) in [7, 11) is 2.93. The fraction of sp³-hybridized carbons (Fsp3) is 0.250. The van der Waals surface area contributed by atoms with Gasteiger partial charge in [-0.15, -0.1) is 0 Å². The van der Waals surface area contributed by atoms with Crippen molar-refractivity contribution in [1.29, 1.82) is 0 Å². The molecule has 41 heavy (non-hydrogen) atoms. The van der Waals surface area contributed by atoms with Crippen LogP contribution in [-0.2, 0) is 6.42 Å². The fourth-order valence-corrected chi connectivity index (χ4v) is 6.00. The lowest BCUT2D eigenvalue weighted by atomic mass is 9.74. The van der Waals surface area contributed by atoms with Gasteiger partial charge >= 0.3 is 0 Å². The second-order valence-electron chi connectivity index (χ2n) is 10.3. The summed E-state index contributed by atoms with van der Waals surface area (Å²) in [6.07, 6.45) is 0.587. The average molecular weight is 559 g/mol. The molecule has 0 spiro atoms. The monoisotopic (exact) mass is 558 g/mol. The SMILES string of the molecule is COc1cc(O)c(C2COc3cc(O)ccc3C2)cc1C1c2ccc(O)cc2OCC1c1ccc(OC)c(O)c1O. The number of rotatable bonds is 5. The molecule has 4 aromatic carbocycles. The summed E-state index contributed by atoms with van der Waals surface area (Å²) in [4.78, 5) is 0. The molecule has 6 rings (SSSR count). The Morgan fingerprint density at radius 2 is 1.32 bits per heavy atom. The van der Waals surface area contributed by atoms with E-state index in [9.17, 15) is 25.5 Å². The summed E-state index contributed by atoms with van der Waals surface area (Å²) in [5.41, 5.74) is 3.49. The van der Waals surface area contributed by atoms with Crippen molar-refractivity contribution in [3.8, 4) is 51.7 Å². The van der Waals surface area contributed by atoms with Gasteiger partial charge in [-0.25, -0.2) is 0 Å². The van der Waals surface area contributed by atoms with Crippen LogP contribution in [0.4, 0.5) is 0 Å². The van der Waals surface area contributed by atoms with Crippen LogP contribution >= 0.6 is 0 Å². The molecule has 9 heteroatoms. The molecule has 212 valence electrons. The fourth-order valence-electron chi connectivity index (χ4n) is 6.00. The number of methoxy groups -OCH3 is 2. The van der Waals surface area contributed by atoms with E-state index in [0.29, 0.717) is 41.4 Å². The number of phenols is 5. The zero-order chi connectivity index (χ0) is 28.8. The molecule has 0 radical (unpaired) electrons. The molecule has 2 heterocycles. The number of phenolic OH excluding ortho intramolecular Hbond substituents is 5. The first kappa shape index (κ1) is 26.3. The topological polar surface area (TPSA) is 138 Å². The Bertz CT molecular complexity index is 1630. The maximum Gasteiger partial charge on any atom is 0.200 e. The van der Waals surface area contributed by atoms with Gasteiger partial charge in [0.15, 0.2) is 11.5 Å². The molecule has 0 amide bonds. The van der Waals surface area contributed by atoms with E-state index < -0.39 is 11.8 Å². The molecule has 2 aliphatic rings. The first-order valence-corrected chi connectivity index (χ1v) is 13.2. The third-order valence-corrected chi connectivity index (χ3v) is 8.03. The van der Waals surface area contributed by atoms with Crippen molar-refractivity contribution in [2.24, 2.45) is 0 Å². The molecule has 5 N–H and O–H groups in total. The number of benzene rings is 4. The number of ether oxygens (including phenoxy) is 4. The van der Waals surface area contributed by atoms with Gasteiger partial charge in [0, 0.05) is 58.2 Å². The Kier molecular flexibility index (Phi) is 6.57. The molecule has 2 aliphatic heterocycles. The van der Waals surface area contributed by atoms with Gasteiger partial charge in [0.25, 0.3) is 0 Å². The van der Waals surface area contributed by atoms with Crippen LogP contribution in [0.5, 0.6) is 51.7 Å². The Morgan fingerprint density at radius 1 is 0.634 bits per heavy atom. The Balaban J connectivity index is 1.50. The first-order valence-electron chi connectivity index (χ1n) is 13.2. The van der Waals surface area contributed by atoms with E-state index in [1.807, 2.05) is 12.1 Å². The zero-order valence-electron chi connectivity index (χ0n) is 22.5. The molecule has 3 unspecified atom stereocenters. The van der Waals surface area contributed by atoms with E-state index in [0.717, 1.165) is 16.7 Å². The molecule has 0 bridgehead atoms. The summed E-state index contributed by atoms with van der Waals surface area (Å²) in [6.45, 7) is 0.424. The maximum absolute atomic E-state index is 11.1. The van der Waals surface area contributed by atoms with Crippen LogP contribution in [0.1, 0.15) is 45.6 Å². The summed E-state index contributed by atoms with van der Waals surface area (Å²) < 4.78 is 22.9. The largest absolute Gasteiger partial charge is 0.508 e. The number of hydrogen-bond acceptors (Lipinski definition) is 9. The van der Waals surface area contributed by atoms with Gasteiger partial charge in [-0.3, -0.25) is 0 Å². The van der Waals surface area contributed by atoms with Gasteiger partial charge in [-0.1, -0.05) is 18.2 Å². The number of hydrogen-bond donors (Lipinski definition) is 5. The second-order valence-corrected chi connectivity index (χ2v) is 10.3. The van der Waals surface area contributed by atoms with Gasteiger partial charge in [0.2, 0.25) is 5.75 Å². The third-order valence-electron chi connectivity index (χ3n) is 8.03. The highest BCUT2D eigenvalue weighted by Gasteiger charge is 2.38. The molecule has 0 saturated carbocycles. The molecular formula is C32H30O9. The quantitative estimate of drug-likeness (QED) is 0.208. The van der Waals surface area contributed by atoms with Gasteiger partial charge < -0.3 is 44.5 Å². The molecule has 0 saturated heterocycles. The average Bonchev–Trinajstić information content (AvgIpc) is 2.97. The molecule has 3 atom stereocenters. The van der Waals surface area contributed by atoms with Crippen molar-refractivity contribution in [2.45, 2.75) is 24.2 Å². The third kappa shape index (κ3) is 4.53. The van der Waals surface area contributed by atoms with E-state index in [-0.39, 0.29) is 47.0 Å². The van der Waals surface area contributed by atoms with Crippen molar-refractivity contribution in [3.63, 3.8) is 0 Å². The van der Waals surface area contributed by atoms with E-state index in [2.05, 4.69) is 0 Å². The van der Waals surface area contributed by atoms with Crippen LogP contribution in [-0.4, -0.2) is 53.0 Å². The van der Waals surface area contributed by atoms with Crippen LogP contribution in [0, 0.1) is 0 Å². The Hall–Kier alpha value is -4.92. The highest BCUT2D eigenvalue weighted by Crippen LogP contribution is 2.54. The van der Waals surface area contributed by atoms with Crippen molar-refractivity contribution < 1.29 is 44.5 Å². The molecule has 9 nitrogen and oxygen atoms in total. The van der Waals surface area contributed by atoms with Crippen LogP contribution in [0.2, 0.25) is 0 Å². The predicted molar refractivity (Wildman–Crippen MR) is 149 cm³/mol. The van der Waals surface area contributed by atoms with E-state index >= 15 is 0 Å². The molecule has 0 aliphatic carbocycles. The van der Waals surface area contributed by atoms with Crippen LogP contribution in [0.15, 0.2) is 60.7 Å². The van der Waals surface area contributed by atoms with Crippen LogP contribution < -0.4 is 18.9 Å². The molecule has 0 aromatic heterocycles. The maximum atomic E-state index is 11.1. The summed E-state index contributed by atoms with van der Waals surface area (Å²) >= 11 is 0. The van der Waals surface area contributed by atoms with Crippen molar-refractivity contribution in [2.75, 3.05) is 27.4 Å². The van der Waals surface area contributed by atoms with Gasteiger partial charge in [-0.05, 0) is 36.2 Å². The molecule has 0 fully saturated rings. The summed E-state index contributed by atoms with van der Waals surface area (Å²) in [5, 5.41) is 52.8. The smallest absolute Gasteiger partial charge is 0.200 e. The summed E-state index contributed by atoms with van der Waals surface area (Å²) in [6, 6.07) is 16.6. The molecule has 4 aromatic rings. The van der Waals surface area contributed by atoms with E-state index in [1.165, 1.54) is 14.2 Å². The lowest BCUT2D eigenvalue weighted by molar-refractivity contribution is 0.241. The normalized spacial score (nSPS) is 19.3. The van der Waals surface area contributed by atoms with Gasteiger partial charge in [-0.2, -0.15) is 0 Å². The van der Waals surface area contributed by atoms with Crippen LogP contribution in [0.3, 0.4) is 0 Å². The number of aromatic hydroxyl groups is 5. The molecular weight excluding hydrogens is 528 g/mol. The standard InChI is InChI=1S/C32H30O9/c1-38-26-8-7-20(31(36)32(26)37)24-15-41-29-11-19(34)5-6-21(29)30(24)23-12-22(25(35)13-28(23)39-2)17-9-16-3-4-18(33)10-27(16)40-14-17/h3-8,10-13,17,24,30,33-37H,9,14-15H2,1-2H3. The lowest BCUT2D eigenvalue weighted by Gasteiger charge is -2.36. The minimum atomic E-state index is -0.485. The Morgan fingerprint density at radius 3 is 2.07 bits per heavy atom. The van der Waals surface area contributed by atoms with Crippen LogP contribution in [0.25, 0.3) is 0 Å². The minimum absolute atomic E-state index is 0.0494. The minimum Gasteiger partial charge on any atom is -0.508 e. The second kappa shape index (κ2) is 10.2. The highest BCUT2D eigenvalue weighted by molar-refractivity contribution is 5.61. The first-order chi connectivity index (χ1) is 19.8. The number of fused-ring (bicyclic) bond motifs is 2. The van der Waals surface area contributed by atoms with E-state index in [1.54, 1.807) is 48.5 Å². The summed E-state index contributed by atoms with van der Waals surface area (Å²) in [5.74, 6) is 0.0785. The van der Waals surface area contributed by atoms with Gasteiger partial charge in [0.05, 0.1) is 27.4 Å². The van der Waals surface area contributed by atoms with Crippen molar-refractivity contribution in [1.82, 2.24) is 0 Å². The lowest BCUT2D eigenvalue weighted by Crippen LogP contribution is -2.26. The van der Waals surface area contributed by atoms with Crippen molar-refractivity contribution in [3.05, 3.63) is 88.5 Å². The van der Waals surface area contributed by atoms with E-state index in [4.69, 9.17) is 18.9 Å². The Labute approximate surface area is 236 Å². The van der Waals surface area contributed by atoms with Crippen molar-refractivity contribution >= 4 is 0 Å². The van der Waals surface area contributed by atoms with Gasteiger partial charge in [0.1, 0.15) is 34.5 Å². The zero-order valence-corrected chi connectivity index (χ0v) is 22.5. The predicted octanol–water partition coefficient (Wildman–Crippen LogP) is 5.26.